The van der Waals surface area contributed by atoms with Crippen molar-refractivity contribution >= 4 is 39.2 Å². The van der Waals surface area contributed by atoms with E-state index in [0.717, 1.165) is 0 Å². The summed E-state index contributed by atoms with van der Waals surface area (Å²) in [6.45, 7) is 16.7. The molecular formula is C17H37IO2Si2. The van der Waals surface area contributed by atoms with E-state index < -0.39 is 16.6 Å². The molecule has 2 nitrogen and oxygen atoms in total. The third-order valence-electron chi connectivity index (χ3n) is 5.40. The van der Waals surface area contributed by atoms with Crippen LogP contribution in [0.5, 0.6) is 0 Å². The van der Waals surface area contributed by atoms with Crippen molar-refractivity contribution in [2.24, 2.45) is 0 Å². The molecule has 0 rings (SSSR count). The molecular weight excluding hydrogens is 419 g/mol. The number of hydrogen-bond donors (Lipinski definition) is 0. The third kappa shape index (κ3) is 6.38. The maximum Gasteiger partial charge on any atom is 0.193 e. The number of hydrogen-bond acceptors (Lipinski definition) is 2. The number of halogens is 1. The zero-order valence-electron chi connectivity index (χ0n) is 15.8. The van der Waals surface area contributed by atoms with Gasteiger partial charge in [0.05, 0.1) is 12.2 Å². The summed E-state index contributed by atoms with van der Waals surface area (Å²) in [6, 6.07) is 7.14. The largest absolute Gasteiger partial charge is 0.414 e. The summed E-state index contributed by atoms with van der Waals surface area (Å²) < 4.78 is 15.4. The molecule has 0 saturated carbocycles. The van der Waals surface area contributed by atoms with Crippen LogP contribution in [0.25, 0.3) is 0 Å². The van der Waals surface area contributed by atoms with Crippen LogP contribution in [0, 0.1) is 0 Å². The van der Waals surface area contributed by atoms with Gasteiger partial charge in [0.2, 0.25) is 0 Å². The molecule has 0 radical (unpaired) electrons. The van der Waals surface area contributed by atoms with Crippen LogP contribution in [-0.4, -0.2) is 28.8 Å². The van der Waals surface area contributed by atoms with Gasteiger partial charge >= 0.3 is 0 Å². The molecule has 0 aromatic carbocycles. The molecule has 0 N–H and O–H groups in total. The van der Waals surface area contributed by atoms with E-state index in [4.69, 9.17) is 8.85 Å². The van der Waals surface area contributed by atoms with Crippen molar-refractivity contribution in [3.63, 3.8) is 0 Å². The van der Waals surface area contributed by atoms with Crippen molar-refractivity contribution in [2.75, 3.05) is 6.61 Å². The third-order valence-corrected chi connectivity index (χ3v) is 15.1. The second-order valence-electron chi connectivity index (χ2n) is 6.48. The Labute approximate surface area is 154 Å². The Bertz CT molecular complexity index is 312. The van der Waals surface area contributed by atoms with Gasteiger partial charge in [0.25, 0.3) is 0 Å². The first-order valence-corrected chi connectivity index (χ1v) is 15.3. The summed E-state index contributed by atoms with van der Waals surface area (Å²) in [7, 11) is -3.20. The summed E-state index contributed by atoms with van der Waals surface area (Å²) in [6.07, 6.45) is 2.20. The van der Waals surface area contributed by atoms with E-state index in [0.29, 0.717) is 6.61 Å². The minimum Gasteiger partial charge on any atom is -0.414 e. The monoisotopic (exact) mass is 456 g/mol. The summed E-state index contributed by atoms with van der Waals surface area (Å²) in [4.78, 5) is 0. The second kappa shape index (κ2) is 10.6. The highest BCUT2D eigenvalue weighted by Gasteiger charge is 2.39. The van der Waals surface area contributed by atoms with E-state index in [2.05, 4.69) is 81.2 Å². The minimum atomic E-state index is -1.64. The van der Waals surface area contributed by atoms with Crippen LogP contribution >= 0.6 is 22.6 Å². The molecule has 5 heteroatoms. The standard InChI is InChI=1S/C17H37IO2Si2/c1-8-21(9-2,10-3)19-16-17(7,14-15-18)20-22(11-4,12-5)13-6/h14-15H,8-13,16H2,1-7H3/b15-14+/t17-/m1/s1. The Balaban J connectivity index is 5.18. The van der Waals surface area contributed by atoms with Crippen LogP contribution in [0.2, 0.25) is 36.3 Å². The Morgan fingerprint density at radius 2 is 1.23 bits per heavy atom. The van der Waals surface area contributed by atoms with Gasteiger partial charge in [0, 0.05) is 0 Å². The first-order chi connectivity index (χ1) is 10.3. The summed E-state index contributed by atoms with van der Waals surface area (Å²) in [5.74, 6) is 0. The SMILES string of the molecule is CC[Si](CC)(CC)OC[C@@](C)(/C=C/I)O[Si](CC)(CC)CC. The fraction of sp³-hybridized carbons (Fsp3) is 0.882. The molecule has 0 spiro atoms. The van der Waals surface area contributed by atoms with Crippen LogP contribution in [0.15, 0.2) is 10.2 Å². The summed E-state index contributed by atoms with van der Waals surface area (Å²) in [5.41, 5.74) is -0.271. The molecule has 0 amide bonds. The molecule has 0 bridgehead atoms. The molecule has 0 fully saturated rings. The second-order valence-corrected chi connectivity index (χ2v) is 16.7. The Morgan fingerprint density at radius 3 is 1.55 bits per heavy atom. The van der Waals surface area contributed by atoms with Crippen molar-refractivity contribution in [2.45, 2.75) is 90.3 Å². The molecule has 0 aliphatic heterocycles. The van der Waals surface area contributed by atoms with Gasteiger partial charge in [-0.2, -0.15) is 0 Å². The van der Waals surface area contributed by atoms with E-state index in [9.17, 15) is 0 Å². The van der Waals surface area contributed by atoms with E-state index in [-0.39, 0.29) is 5.60 Å². The first-order valence-electron chi connectivity index (χ1n) is 8.96. The molecule has 0 heterocycles. The molecule has 0 saturated heterocycles. The molecule has 0 aliphatic carbocycles. The average molecular weight is 457 g/mol. The highest BCUT2D eigenvalue weighted by molar-refractivity contribution is 14.1. The Kier molecular flexibility index (Phi) is 11.0. The van der Waals surface area contributed by atoms with E-state index in [1.54, 1.807) is 0 Å². The molecule has 1 atom stereocenters. The van der Waals surface area contributed by atoms with Crippen molar-refractivity contribution < 1.29 is 8.85 Å². The van der Waals surface area contributed by atoms with E-state index in [1.165, 1.54) is 36.3 Å². The lowest BCUT2D eigenvalue weighted by Crippen LogP contribution is -2.49. The van der Waals surface area contributed by atoms with Gasteiger partial charge in [-0.15, -0.1) is 0 Å². The van der Waals surface area contributed by atoms with Crippen LogP contribution < -0.4 is 0 Å². The Hall–Kier alpha value is 0.824. The van der Waals surface area contributed by atoms with Gasteiger partial charge in [-0.1, -0.05) is 64.1 Å². The van der Waals surface area contributed by atoms with Crippen molar-refractivity contribution in [3.8, 4) is 0 Å². The number of rotatable bonds is 12. The Morgan fingerprint density at radius 1 is 0.818 bits per heavy atom. The van der Waals surface area contributed by atoms with Crippen LogP contribution in [-0.2, 0) is 8.85 Å². The van der Waals surface area contributed by atoms with Crippen LogP contribution in [0.3, 0.4) is 0 Å². The molecule has 0 aliphatic rings. The normalized spacial score (nSPS) is 16.2. The van der Waals surface area contributed by atoms with Gasteiger partial charge in [-0.05, 0) is 53.3 Å². The topological polar surface area (TPSA) is 18.5 Å². The summed E-state index contributed by atoms with van der Waals surface area (Å²) in [5, 5.41) is 0. The lowest BCUT2D eigenvalue weighted by Gasteiger charge is -2.41. The highest BCUT2D eigenvalue weighted by atomic mass is 127. The average Bonchev–Trinajstić information content (AvgIpc) is 2.55. The van der Waals surface area contributed by atoms with Crippen LogP contribution in [0.4, 0.5) is 0 Å². The van der Waals surface area contributed by atoms with E-state index in [1.807, 2.05) is 0 Å². The molecule has 0 unspecified atom stereocenters. The van der Waals surface area contributed by atoms with Crippen molar-refractivity contribution in [3.05, 3.63) is 10.2 Å². The van der Waals surface area contributed by atoms with Crippen molar-refractivity contribution in [1.29, 1.82) is 0 Å². The first kappa shape index (κ1) is 22.8. The van der Waals surface area contributed by atoms with Gasteiger partial charge in [0.1, 0.15) is 0 Å². The lowest BCUT2D eigenvalue weighted by atomic mass is 10.1. The quantitative estimate of drug-likeness (QED) is 0.239. The molecule has 0 aromatic heterocycles. The predicted molar refractivity (Wildman–Crippen MR) is 113 cm³/mol. The molecule has 132 valence electrons. The maximum absolute atomic E-state index is 6.79. The maximum atomic E-state index is 6.79. The zero-order valence-corrected chi connectivity index (χ0v) is 20.0. The highest BCUT2D eigenvalue weighted by Crippen LogP contribution is 2.31. The zero-order chi connectivity index (χ0) is 17.3. The van der Waals surface area contributed by atoms with Gasteiger partial charge in [-0.3, -0.25) is 0 Å². The van der Waals surface area contributed by atoms with Crippen LogP contribution in [0.1, 0.15) is 48.5 Å². The molecule has 0 aromatic rings. The van der Waals surface area contributed by atoms with Gasteiger partial charge in [0.15, 0.2) is 16.6 Å². The molecule has 22 heavy (non-hydrogen) atoms. The fourth-order valence-electron chi connectivity index (χ4n) is 3.06. The fourth-order valence-corrected chi connectivity index (χ4v) is 9.57. The minimum absolute atomic E-state index is 0.271. The lowest BCUT2D eigenvalue weighted by molar-refractivity contribution is 0.0619. The summed E-state index contributed by atoms with van der Waals surface area (Å²) >= 11 is 2.30. The predicted octanol–water partition coefficient (Wildman–Crippen LogP) is 6.74. The van der Waals surface area contributed by atoms with Crippen molar-refractivity contribution in [1.82, 2.24) is 0 Å². The van der Waals surface area contributed by atoms with E-state index >= 15 is 0 Å². The van der Waals surface area contributed by atoms with Gasteiger partial charge < -0.3 is 8.85 Å². The smallest absolute Gasteiger partial charge is 0.193 e. The van der Waals surface area contributed by atoms with Gasteiger partial charge in [-0.25, -0.2) is 0 Å².